The van der Waals surface area contributed by atoms with Gasteiger partial charge in [-0.25, -0.2) is 8.42 Å². The lowest BCUT2D eigenvalue weighted by molar-refractivity contribution is 0.0950. The molecule has 0 unspecified atom stereocenters. The van der Waals surface area contributed by atoms with Crippen LogP contribution in [0.3, 0.4) is 0 Å². The molecule has 0 aliphatic carbocycles. The molecule has 156 valence electrons. The van der Waals surface area contributed by atoms with Gasteiger partial charge in [0.1, 0.15) is 0 Å². The molecule has 2 aromatic carbocycles. The van der Waals surface area contributed by atoms with Crippen LogP contribution in [-0.2, 0) is 23.0 Å². The molecule has 0 aromatic heterocycles. The molecule has 1 aliphatic rings. The van der Waals surface area contributed by atoms with Crippen LogP contribution in [0.2, 0.25) is 0 Å². The molecule has 1 amide bonds. The smallest absolute Gasteiger partial charge is 0.255 e. The zero-order chi connectivity index (χ0) is 20.9. The van der Waals surface area contributed by atoms with Crippen molar-refractivity contribution in [2.45, 2.75) is 19.4 Å². The summed E-state index contributed by atoms with van der Waals surface area (Å²) in [5.74, 6) is 0.482. The van der Waals surface area contributed by atoms with E-state index >= 15 is 0 Å². The quantitative estimate of drug-likeness (QED) is 0.665. The highest BCUT2D eigenvalue weighted by Gasteiger charge is 2.26. The Balaban J connectivity index is 1.53. The number of sulfonamides is 1. The summed E-state index contributed by atoms with van der Waals surface area (Å²) in [5.41, 5.74) is 2.61. The molecule has 0 spiro atoms. The lowest BCUT2D eigenvalue weighted by Crippen LogP contribution is -2.38. The molecule has 29 heavy (non-hydrogen) atoms. The first-order valence-corrected chi connectivity index (χ1v) is 11.1. The van der Waals surface area contributed by atoms with Gasteiger partial charge in [-0.3, -0.25) is 4.79 Å². The van der Waals surface area contributed by atoms with E-state index in [0.29, 0.717) is 36.6 Å². The van der Waals surface area contributed by atoms with Crippen LogP contribution in [0.4, 0.5) is 0 Å². The maximum Gasteiger partial charge on any atom is 0.255 e. The van der Waals surface area contributed by atoms with Gasteiger partial charge in [0.05, 0.1) is 25.5 Å². The van der Waals surface area contributed by atoms with Crippen molar-refractivity contribution >= 4 is 15.9 Å². The average molecular weight is 419 g/mol. The van der Waals surface area contributed by atoms with Gasteiger partial charge in [-0.05, 0) is 36.1 Å². The molecule has 1 aliphatic heterocycles. The highest BCUT2D eigenvalue weighted by molar-refractivity contribution is 7.89. The molecule has 0 saturated heterocycles. The fraction of sp³-hybridized carbons (Fsp3) is 0.381. The standard InChI is InChI=1S/C21H26N2O5S/c1-27-19-10-5-9-18(20(19)28-2)21(24)22-12-6-14-29(25,26)23-13-11-16-7-3-4-8-17(16)15-23/h3-5,7-10H,6,11-15H2,1-2H3,(H,22,24). The normalized spacial score (nSPS) is 14.1. The second-order valence-corrected chi connectivity index (χ2v) is 8.91. The largest absolute Gasteiger partial charge is 0.493 e. The third-order valence-electron chi connectivity index (χ3n) is 5.00. The predicted octanol–water partition coefficient (Wildman–Crippen LogP) is 2.21. The maximum absolute atomic E-state index is 12.7. The van der Waals surface area contributed by atoms with Crippen molar-refractivity contribution in [3.05, 3.63) is 59.2 Å². The third-order valence-corrected chi connectivity index (χ3v) is 6.90. The molecule has 0 saturated carbocycles. The van der Waals surface area contributed by atoms with Crippen molar-refractivity contribution in [1.82, 2.24) is 9.62 Å². The van der Waals surface area contributed by atoms with Gasteiger partial charge >= 0.3 is 0 Å². The first-order valence-electron chi connectivity index (χ1n) is 9.50. The summed E-state index contributed by atoms with van der Waals surface area (Å²) >= 11 is 0. The zero-order valence-electron chi connectivity index (χ0n) is 16.7. The number of hydrogen-bond acceptors (Lipinski definition) is 5. The maximum atomic E-state index is 12.7. The van der Waals surface area contributed by atoms with Gasteiger partial charge in [0.15, 0.2) is 11.5 Å². The Hall–Kier alpha value is -2.58. The topological polar surface area (TPSA) is 84.9 Å². The second-order valence-electron chi connectivity index (χ2n) is 6.82. The number of ether oxygens (including phenoxy) is 2. The van der Waals surface area contributed by atoms with Crippen LogP contribution in [0.5, 0.6) is 11.5 Å². The Morgan fingerprint density at radius 2 is 1.83 bits per heavy atom. The number of carbonyl (C=O) groups is 1. The van der Waals surface area contributed by atoms with Gasteiger partial charge in [-0.1, -0.05) is 30.3 Å². The number of amides is 1. The number of fused-ring (bicyclic) bond motifs is 1. The first-order chi connectivity index (χ1) is 14.0. The number of rotatable bonds is 8. The van der Waals surface area contributed by atoms with Crippen LogP contribution in [0.1, 0.15) is 27.9 Å². The average Bonchev–Trinajstić information content (AvgIpc) is 2.75. The van der Waals surface area contributed by atoms with Crippen LogP contribution in [0, 0.1) is 0 Å². The summed E-state index contributed by atoms with van der Waals surface area (Å²) < 4.78 is 37.3. The minimum atomic E-state index is -3.37. The van der Waals surface area contributed by atoms with Crippen molar-refractivity contribution in [1.29, 1.82) is 0 Å². The molecule has 1 N–H and O–H groups in total. The van der Waals surface area contributed by atoms with Crippen molar-refractivity contribution in [2.75, 3.05) is 33.1 Å². The van der Waals surface area contributed by atoms with E-state index in [9.17, 15) is 13.2 Å². The predicted molar refractivity (Wildman–Crippen MR) is 111 cm³/mol. The molecular formula is C21H26N2O5S. The highest BCUT2D eigenvalue weighted by Crippen LogP contribution is 2.30. The molecule has 0 fully saturated rings. The molecule has 8 heteroatoms. The number of nitrogens with one attached hydrogen (secondary N) is 1. The number of hydrogen-bond donors (Lipinski definition) is 1. The zero-order valence-corrected chi connectivity index (χ0v) is 17.5. The van der Waals surface area contributed by atoms with Gasteiger partial charge in [-0.2, -0.15) is 4.31 Å². The van der Waals surface area contributed by atoms with E-state index in [1.165, 1.54) is 24.1 Å². The van der Waals surface area contributed by atoms with Crippen LogP contribution in [-0.4, -0.2) is 51.7 Å². The van der Waals surface area contributed by atoms with E-state index in [1.807, 2.05) is 24.3 Å². The number of nitrogens with zero attached hydrogens (tertiary/aromatic N) is 1. The third kappa shape index (κ3) is 4.89. The Kier molecular flexibility index (Phi) is 6.76. The van der Waals surface area contributed by atoms with E-state index < -0.39 is 10.0 Å². The summed E-state index contributed by atoms with van der Waals surface area (Å²) in [6.45, 7) is 1.15. The second kappa shape index (κ2) is 9.28. The molecule has 2 aromatic rings. The van der Waals surface area contributed by atoms with Crippen molar-refractivity contribution in [3.8, 4) is 11.5 Å². The van der Waals surface area contributed by atoms with Gasteiger partial charge < -0.3 is 14.8 Å². The monoisotopic (exact) mass is 418 g/mol. The molecule has 1 heterocycles. The molecular weight excluding hydrogens is 392 g/mol. The van der Waals surface area contributed by atoms with Gasteiger partial charge in [0.2, 0.25) is 10.0 Å². The van der Waals surface area contributed by atoms with Gasteiger partial charge in [0, 0.05) is 19.6 Å². The lowest BCUT2D eigenvalue weighted by Gasteiger charge is -2.28. The lowest BCUT2D eigenvalue weighted by atomic mass is 10.0. The SMILES string of the molecule is COc1cccc(C(=O)NCCCS(=O)(=O)N2CCc3ccccc3C2)c1OC. The number of benzene rings is 2. The van der Waals surface area contributed by atoms with Crippen LogP contribution in [0.25, 0.3) is 0 Å². The summed E-state index contributed by atoms with van der Waals surface area (Å²) in [4.78, 5) is 12.4. The number of carbonyl (C=O) groups excluding carboxylic acids is 1. The Labute approximate surface area is 171 Å². The van der Waals surface area contributed by atoms with Gasteiger partial charge in [-0.15, -0.1) is 0 Å². The highest BCUT2D eigenvalue weighted by atomic mass is 32.2. The summed E-state index contributed by atoms with van der Waals surface area (Å²) in [6.07, 6.45) is 1.06. The molecule has 7 nitrogen and oxygen atoms in total. The van der Waals surface area contributed by atoms with E-state index in [0.717, 1.165) is 12.0 Å². The molecule has 3 rings (SSSR count). The van der Waals surface area contributed by atoms with Crippen LogP contribution in [0.15, 0.2) is 42.5 Å². The van der Waals surface area contributed by atoms with E-state index in [4.69, 9.17) is 9.47 Å². The van der Waals surface area contributed by atoms with Crippen LogP contribution >= 0.6 is 0 Å². The Morgan fingerprint density at radius 1 is 1.07 bits per heavy atom. The molecule has 0 radical (unpaired) electrons. The number of methoxy groups -OCH3 is 2. The van der Waals surface area contributed by atoms with Crippen LogP contribution < -0.4 is 14.8 Å². The molecule has 0 atom stereocenters. The van der Waals surface area contributed by atoms with E-state index in [-0.39, 0.29) is 18.2 Å². The molecule has 0 bridgehead atoms. The fourth-order valence-corrected chi connectivity index (χ4v) is 4.93. The summed E-state index contributed by atoms with van der Waals surface area (Å²) in [5, 5.41) is 2.76. The fourth-order valence-electron chi connectivity index (χ4n) is 3.45. The van der Waals surface area contributed by atoms with E-state index in [1.54, 1.807) is 18.2 Å². The summed E-state index contributed by atoms with van der Waals surface area (Å²) in [7, 11) is -0.401. The van der Waals surface area contributed by atoms with Crippen molar-refractivity contribution < 1.29 is 22.7 Å². The van der Waals surface area contributed by atoms with E-state index in [2.05, 4.69) is 5.32 Å². The Morgan fingerprint density at radius 3 is 2.55 bits per heavy atom. The minimum Gasteiger partial charge on any atom is -0.493 e. The summed E-state index contributed by atoms with van der Waals surface area (Å²) in [6, 6.07) is 13.0. The van der Waals surface area contributed by atoms with Crippen molar-refractivity contribution in [3.63, 3.8) is 0 Å². The van der Waals surface area contributed by atoms with Crippen molar-refractivity contribution in [2.24, 2.45) is 0 Å². The first kappa shape index (κ1) is 21.1. The Bertz CT molecular complexity index is 975. The number of para-hydroxylation sites is 1. The van der Waals surface area contributed by atoms with Gasteiger partial charge in [0.25, 0.3) is 5.91 Å². The minimum absolute atomic E-state index is 0.00923.